The predicted octanol–water partition coefficient (Wildman–Crippen LogP) is 2.06. The molecule has 4 nitrogen and oxygen atoms in total. The maximum Gasteiger partial charge on any atom is 0.186 e. The van der Waals surface area contributed by atoms with Crippen molar-refractivity contribution in [3.63, 3.8) is 0 Å². The first kappa shape index (κ1) is 11.7. The Morgan fingerprint density at radius 2 is 2.00 bits per heavy atom. The Morgan fingerprint density at radius 3 is 2.72 bits per heavy atom. The molecule has 1 aromatic heterocycles. The monoisotopic (exact) mass is 263 g/mol. The fourth-order valence-corrected chi connectivity index (χ4v) is 3.20. The van der Waals surface area contributed by atoms with Gasteiger partial charge in [0.15, 0.2) is 5.13 Å². The number of nitrogens with zero attached hydrogens (tertiary/aromatic N) is 3. The summed E-state index contributed by atoms with van der Waals surface area (Å²) in [5.41, 5.74) is 1.06. The number of likely N-dealkylation sites (N-methyl/N-ethyl adjacent to an activating group) is 1. The summed E-state index contributed by atoms with van der Waals surface area (Å²) in [4.78, 5) is 9.43. The van der Waals surface area contributed by atoms with Gasteiger partial charge in [-0.3, -0.25) is 0 Å². The molecule has 0 unspecified atom stereocenters. The summed E-state index contributed by atoms with van der Waals surface area (Å²) >= 11 is 1.75. The Morgan fingerprint density at radius 1 is 1.22 bits per heavy atom. The molecule has 0 amide bonds. The lowest BCUT2D eigenvalue weighted by Crippen LogP contribution is -2.44. The van der Waals surface area contributed by atoms with E-state index in [2.05, 4.69) is 22.9 Å². The van der Waals surface area contributed by atoms with Crippen LogP contribution in [0.2, 0.25) is 0 Å². The topological polar surface area (TPSA) is 28.6 Å². The third-order valence-electron chi connectivity index (χ3n) is 3.36. The minimum absolute atomic E-state index is 0.899. The molecule has 1 aliphatic rings. The van der Waals surface area contributed by atoms with E-state index in [0.29, 0.717) is 0 Å². The van der Waals surface area contributed by atoms with E-state index in [4.69, 9.17) is 9.72 Å². The van der Waals surface area contributed by atoms with Crippen molar-refractivity contribution in [1.82, 2.24) is 9.88 Å². The van der Waals surface area contributed by atoms with Gasteiger partial charge in [0.25, 0.3) is 0 Å². The maximum absolute atomic E-state index is 5.25. The van der Waals surface area contributed by atoms with Gasteiger partial charge in [0.1, 0.15) is 5.75 Å². The number of thiazole rings is 1. The zero-order valence-corrected chi connectivity index (χ0v) is 11.5. The van der Waals surface area contributed by atoms with E-state index in [1.807, 2.05) is 12.1 Å². The van der Waals surface area contributed by atoms with Gasteiger partial charge >= 0.3 is 0 Å². The fourth-order valence-electron chi connectivity index (χ4n) is 2.15. The van der Waals surface area contributed by atoms with Crippen LogP contribution in [-0.4, -0.2) is 50.2 Å². The molecule has 0 spiro atoms. The molecular formula is C13H17N3OS. The normalized spacial score (nSPS) is 17.3. The molecule has 3 rings (SSSR count). The Hall–Kier alpha value is -1.33. The molecule has 1 fully saturated rings. The third-order valence-corrected chi connectivity index (χ3v) is 4.44. The van der Waals surface area contributed by atoms with Crippen LogP contribution in [0, 0.1) is 0 Å². The van der Waals surface area contributed by atoms with Gasteiger partial charge in [0, 0.05) is 26.2 Å². The van der Waals surface area contributed by atoms with Crippen molar-refractivity contribution in [2.24, 2.45) is 0 Å². The number of hydrogen-bond acceptors (Lipinski definition) is 5. The van der Waals surface area contributed by atoms with Crippen molar-refractivity contribution in [2.45, 2.75) is 0 Å². The van der Waals surface area contributed by atoms with Crippen molar-refractivity contribution in [2.75, 3.05) is 45.2 Å². The van der Waals surface area contributed by atoms with Gasteiger partial charge in [-0.15, -0.1) is 0 Å². The second-order valence-corrected chi connectivity index (χ2v) is 5.63. The van der Waals surface area contributed by atoms with Gasteiger partial charge in [0.2, 0.25) is 0 Å². The quantitative estimate of drug-likeness (QED) is 0.829. The minimum Gasteiger partial charge on any atom is -0.497 e. The molecule has 5 heteroatoms. The molecule has 0 aliphatic carbocycles. The van der Waals surface area contributed by atoms with Crippen molar-refractivity contribution in [1.29, 1.82) is 0 Å². The van der Waals surface area contributed by atoms with E-state index in [1.54, 1.807) is 18.4 Å². The predicted molar refractivity (Wildman–Crippen MR) is 75.9 cm³/mol. The largest absolute Gasteiger partial charge is 0.497 e. The molecular weight excluding hydrogens is 246 g/mol. The van der Waals surface area contributed by atoms with E-state index in [1.165, 1.54) is 4.70 Å². The Bertz CT molecular complexity index is 546. The number of anilines is 1. The summed E-state index contributed by atoms with van der Waals surface area (Å²) in [7, 11) is 3.87. The van der Waals surface area contributed by atoms with Crippen LogP contribution in [-0.2, 0) is 0 Å². The lowest BCUT2D eigenvalue weighted by atomic mass is 10.3. The van der Waals surface area contributed by atoms with Crippen LogP contribution in [0.25, 0.3) is 10.2 Å². The van der Waals surface area contributed by atoms with Gasteiger partial charge in [-0.05, 0) is 25.2 Å². The summed E-state index contributed by atoms with van der Waals surface area (Å²) in [6.45, 7) is 4.35. The maximum atomic E-state index is 5.25. The number of hydrogen-bond donors (Lipinski definition) is 0. The average Bonchev–Trinajstić information content (AvgIpc) is 2.82. The van der Waals surface area contributed by atoms with Crippen molar-refractivity contribution in [3.05, 3.63) is 18.2 Å². The molecule has 2 aromatic rings. The molecule has 0 bridgehead atoms. The highest BCUT2D eigenvalue weighted by Gasteiger charge is 2.17. The Balaban J connectivity index is 1.88. The summed E-state index contributed by atoms with van der Waals surface area (Å²) < 4.78 is 6.45. The van der Waals surface area contributed by atoms with E-state index >= 15 is 0 Å². The number of piperazine rings is 1. The summed E-state index contributed by atoms with van der Waals surface area (Å²) in [5.74, 6) is 0.899. The zero-order chi connectivity index (χ0) is 12.5. The first-order valence-electron chi connectivity index (χ1n) is 6.14. The number of fused-ring (bicyclic) bond motifs is 1. The molecule has 0 saturated carbocycles. The SMILES string of the molecule is COc1ccc2nc(N3CCN(C)CC3)sc2c1. The molecule has 2 heterocycles. The van der Waals surface area contributed by atoms with Crippen LogP contribution in [0.5, 0.6) is 5.75 Å². The summed E-state index contributed by atoms with van der Waals surface area (Å²) in [6.07, 6.45) is 0. The lowest BCUT2D eigenvalue weighted by Gasteiger charge is -2.31. The molecule has 96 valence electrons. The van der Waals surface area contributed by atoms with Crippen molar-refractivity contribution in [3.8, 4) is 5.75 Å². The molecule has 18 heavy (non-hydrogen) atoms. The standard InChI is InChI=1S/C13H17N3OS/c1-15-5-7-16(8-6-15)13-14-11-4-3-10(17-2)9-12(11)18-13/h3-4,9H,5-8H2,1-2H3. The van der Waals surface area contributed by atoms with Gasteiger partial charge in [-0.25, -0.2) is 4.98 Å². The van der Waals surface area contributed by atoms with Crippen molar-refractivity contribution >= 4 is 26.7 Å². The van der Waals surface area contributed by atoms with Crippen LogP contribution < -0.4 is 9.64 Å². The number of benzene rings is 1. The highest BCUT2D eigenvalue weighted by molar-refractivity contribution is 7.22. The molecule has 0 radical (unpaired) electrons. The fraction of sp³-hybridized carbons (Fsp3) is 0.462. The molecule has 0 atom stereocenters. The summed E-state index contributed by atoms with van der Waals surface area (Å²) in [6, 6.07) is 6.06. The smallest absolute Gasteiger partial charge is 0.186 e. The molecule has 0 N–H and O–H groups in total. The summed E-state index contributed by atoms with van der Waals surface area (Å²) in [5, 5.41) is 1.13. The van der Waals surface area contributed by atoms with E-state index in [0.717, 1.165) is 42.6 Å². The van der Waals surface area contributed by atoms with Gasteiger partial charge in [-0.1, -0.05) is 11.3 Å². The highest BCUT2D eigenvalue weighted by Crippen LogP contribution is 2.31. The van der Waals surface area contributed by atoms with E-state index in [9.17, 15) is 0 Å². The van der Waals surface area contributed by atoms with E-state index < -0.39 is 0 Å². The lowest BCUT2D eigenvalue weighted by molar-refractivity contribution is 0.313. The Labute approximate surface area is 111 Å². The highest BCUT2D eigenvalue weighted by atomic mass is 32.1. The number of ether oxygens (including phenoxy) is 1. The van der Waals surface area contributed by atoms with Crippen LogP contribution in [0.4, 0.5) is 5.13 Å². The Kier molecular flexibility index (Phi) is 3.09. The second kappa shape index (κ2) is 4.74. The zero-order valence-electron chi connectivity index (χ0n) is 10.7. The van der Waals surface area contributed by atoms with Crippen LogP contribution in [0.1, 0.15) is 0 Å². The van der Waals surface area contributed by atoms with Gasteiger partial charge in [0.05, 0.1) is 17.3 Å². The first-order valence-corrected chi connectivity index (χ1v) is 6.96. The first-order chi connectivity index (χ1) is 8.76. The van der Waals surface area contributed by atoms with Crippen LogP contribution in [0.3, 0.4) is 0 Å². The van der Waals surface area contributed by atoms with Crippen LogP contribution >= 0.6 is 11.3 Å². The number of aromatic nitrogens is 1. The van der Waals surface area contributed by atoms with E-state index in [-0.39, 0.29) is 0 Å². The average molecular weight is 263 g/mol. The number of rotatable bonds is 2. The van der Waals surface area contributed by atoms with Crippen LogP contribution in [0.15, 0.2) is 18.2 Å². The van der Waals surface area contributed by atoms with Gasteiger partial charge < -0.3 is 14.5 Å². The minimum atomic E-state index is 0.899. The molecule has 1 aromatic carbocycles. The third kappa shape index (κ3) is 2.15. The number of methoxy groups -OCH3 is 1. The second-order valence-electron chi connectivity index (χ2n) is 4.62. The van der Waals surface area contributed by atoms with Gasteiger partial charge in [-0.2, -0.15) is 0 Å². The molecule has 1 aliphatic heterocycles. The molecule has 1 saturated heterocycles. The van der Waals surface area contributed by atoms with Crippen molar-refractivity contribution < 1.29 is 4.74 Å².